The third-order valence-corrected chi connectivity index (χ3v) is 5.51. The smallest absolute Gasteiger partial charge is 0.251 e. The first kappa shape index (κ1) is 20.1. The molecule has 4 rings (SSSR count). The molecule has 0 spiro atoms. The highest BCUT2D eigenvalue weighted by atomic mass is 16.3. The van der Waals surface area contributed by atoms with Crippen LogP contribution in [0, 0.1) is 0 Å². The van der Waals surface area contributed by atoms with Gasteiger partial charge < -0.3 is 21.5 Å². The molecule has 0 atom stereocenters. The molecule has 1 heterocycles. The van der Waals surface area contributed by atoms with Crippen LogP contribution in [0.15, 0.2) is 42.5 Å². The van der Waals surface area contributed by atoms with Gasteiger partial charge in [0, 0.05) is 23.5 Å². The number of benzene rings is 2. The van der Waals surface area contributed by atoms with Crippen molar-refractivity contribution in [2.24, 2.45) is 0 Å². The number of fused-ring (bicyclic) bond motifs is 1. The van der Waals surface area contributed by atoms with Gasteiger partial charge in [0.2, 0.25) is 5.95 Å². The summed E-state index contributed by atoms with van der Waals surface area (Å²) in [6.45, 7) is 0.143. The highest BCUT2D eigenvalue weighted by molar-refractivity contribution is 5.97. The Bertz CT molecular complexity index is 1050. The average molecular weight is 406 g/mol. The van der Waals surface area contributed by atoms with Crippen molar-refractivity contribution in [1.82, 2.24) is 15.3 Å². The van der Waals surface area contributed by atoms with Crippen molar-refractivity contribution in [3.63, 3.8) is 0 Å². The highest BCUT2D eigenvalue weighted by Crippen LogP contribution is 2.30. The first-order chi connectivity index (χ1) is 14.6. The lowest BCUT2D eigenvalue weighted by Gasteiger charge is -2.24. The number of nitrogens with one attached hydrogen (secondary N) is 2. The number of aromatic nitrogens is 2. The molecule has 1 amide bonds. The first-order valence-electron chi connectivity index (χ1n) is 10.5. The average Bonchev–Trinajstić information content (AvgIpc) is 2.78. The maximum absolute atomic E-state index is 12.2. The van der Waals surface area contributed by atoms with Crippen molar-refractivity contribution in [3.8, 4) is 11.1 Å². The van der Waals surface area contributed by atoms with Crippen molar-refractivity contribution in [3.05, 3.63) is 48.0 Å². The summed E-state index contributed by atoms with van der Waals surface area (Å²) < 4.78 is 0. The number of nitrogens with two attached hydrogens (primary N) is 1. The maximum atomic E-state index is 12.2. The fraction of sp³-hybridized carbons (Fsp3) is 0.348. The topological polar surface area (TPSA) is 113 Å². The zero-order chi connectivity index (χ0) is 20.9. The highest BCUT2D eigenvalue weighted by Gasteiger charge is 2.16. The summed E-state index contributed by atoms with van der Waals surface area (Å²) in [4.78, 5) is 21.1. The number of anilines is 2. The van der Waals surface area contributed by atoms with Gasteiger partial charge in [-0.05, 0) is 48.2 Å². The molecule has 0 saturated heterocycles. The molecule has 1 aliphatic carbocycles. The molecule has 0 radical (unpaired) electrons. The van der Waals surface area contributed by atoms with Gasteiger partial charge in [-0.2, -0.15) is 4.98 Å². The van der Waals surface area contributed by atoms with E-state index >= 15 is 0 Å². The molecule has 5 N–H and O–H groups in total. The Balaban J connectivity index is 1.68. The fourth-order valence-electron chi connectivity index (χ4n) is 3.99. The van der Waals surface area contributed by atoms with Crippen molar-refractivity contribution < 1.29 is 9.90 Å². The summed E-state index contributed by atoms with van der Waals surface area (Å²) in [5.41, 5.74) is 9.19. The van der Waals surface area contributed by atoms with E-state index in [4.69, 9.17) is 10.8 Å². The lowest BCUT2D eigenvalue weighted by molar-refractivity contribution is 0.0945. The summed E-state index contributed by atoms with van der Waals surface area (Å²) in [5, 5.41) is 16.1. The van der Waals surface area contributed by atoms with Gasteiger partial charge in [0.15, 0.2) is 0 Å². The van der Waals surface area contributed by atoms with Crippen LogP contribution in [0.25, 0.3) is 22.0 Å². The summed E-state index contributed by atoms with van der Waals surface area (Å²) in [6, 6.07) is 13.8. The number of aliphatic hydroxyl groups is 1. The monoisotopic (exact) mass is 405 g/mol. The molecule has 0 aliphatic heterocycles. The summed E-state index contributed by atoms with van der Waals surface area (Å²) in [6.07, 6.45) is 6.02. The predicted octanol–water partition coefficient (Wildman–Crippen LogP) is 3.35. The van der Waals surface area contributed by atoms with E-state index in [0.717, 1.165) is 40.7 Å². The van der Waals surface area contributed by atoms with E-state index in [2.05, 4.69) is 20.6 Å². The van der Waals surface area contributed by atoms with Crippen LogP contribution in [0.5, 0.6) is 0 Å². The van der Waals surface area contributed by atoms with E-state index < -0.39 is 0 Å². The first-order valence-corrected chi connectivity index (χ1v) is 10.5. The van der Waals surface area contributed by atoms with Crippen molar-refractivity contribution in [2.75, 3.05) is 24.2 Å². The molecule has 0 bridgehead atoms. The number of rotatable bonds is 6. The molecule has 0 unspecified atom stereocenters. The number of hydrogen-bond donors (Lipinski definition) is 4. The number of nitrogens with zero attached hydrogens (tertiary/aromatic N) is 2. The molecule has 156 valence electrons. The number of carbonyl (C=O) groups excluding carboxylic acids is 1. The second kappa shape index (κ2) is 9.09. The molecule has 3 aromatic rings. The molecule has 30 heavy (non-hydrogen) atoms. The Morgan fingerprint density at radius 2 is 1.87 bits per heavy atom. The molecule has 1 saturated carbocycles. The predicted molar refractivity (Wildman–Crippen MR) is 119 cm³/mol. The lowest BCUT2D eigenvalue weighted by Crippen LogP contribution is -2.26. The Hall–Kier alpha value is -3.19. The second-order valence-electron chi connectivity index (χ2n) is 7.70. The van der Waals surface area contributed by atoms with Crippen molar-refractivity contribution in [2.45, 2.75) is 38.1 Å². The van der Waals surface area contributed by atoms with E-state index in [-0.39, 0.29) is 25.0 Å². The van der Waals surface area contributed by atoms with E-state index in [1.165, 1.54) is 19.3 Å². The Morgan fingerprint density at radius 3 is 2.67 bits per heavy atom. The molecule has 1 fully saturated rings. The molecule has 7 nitrogen and oxygen atoms in total. The number of hydrogen-bond acceptors (Lipinski definition) is 6. The van der Waals surface area contributed by atoms with Gasteiger partial charge in [-0.1, -0.05) is 37.5 Å². The van der Waals surface area contributed by atoms with Gasteiger partial charge >= 0.3 is 0 Å². The molecule has 1 aromatic heterocycles. The van der Waals surface area contributed by atoms with E-state index in [9.17, 15) is 4.79 Å². The Kier molecular flexibility index (Phi) is 6.09. The number of nitrogen functional groups attached to an aromatic ring is 1. The van der Waals surface area contributed by atoms with Crippen LogP contribution in [-0.4, -0.2) is 40.2 Å². The number of carbonyl (C=O) groups is 1. The van der Waals surface area contributed by atoms with Crippen LogP contribution in [0.4, 0.5) is 11.8 Å². The van der Waals surface area contributed by atoms with Gasteiger partial charge in [-0.15, -0.1) is 0 Å². The van der Waals surface area contributed by atoms with Crippen molar-refractivity contribution in [1.29, 1.82) is 0 Å². The van der Waals surface area contributed by atoms with Gasteiger partial charge in [0.05, 0.1) is 12.1 Å². The Labute approximate surface area is 175 Å². The van der Waals surface area contributed by atoms with Gasteiger partial charge in [0.25, 0.3) is 5.91 Å². The van der Waals surface area contributed by atoms with Crippen LogP contribution in [0.1, 0.15) is 42.5 Å². The van der Waals surface area contributed by atoms with Crippen LogP contribution >= 0.6 is 0 Å². The van der Waals surface area contributed by atoms with Crippen LogP contribution in [0.2, 0.25) is 0 Å². The molecular formula is C23H27N5O2. The molecule has 2 aromatic carbocycles. The largest absolute Gasteiger partial charge is 0.395 e. The van der Waals surface area contributed by atoms with E-state index in [1.54, 1.807) is 6.07 Å². The van der Waals surface area contributed by atoms with E-state index in [0.29, 0.717) is 11.6 Å². The quantitative estimate of drug-likeness (QED) is 0.500. The maximum Gasteiger partial charge on any atom is 0.251 e. The zero-order valence-electron chi connectivity index (χ0n) is 16.9. The number of aliphatic hydroxyl groups excluding tert-OH is 1. The van der Waals surface area contributed by atoms with Gasteiger partial charge in [0.1, 0.15) is 5.82 Å². The third-order valence-electron chi connectivity index (χ3n) is 5.51. The molecular weight excluding hydrogens is 378 g/mol. The molecule has 7 heteroatoms. The SMILES string of the molecule is Nc1nc(NC2CCCCC2)c2cc(-c3cccc(C(=O)NCCO)c3)ccc2n1. The summed E-state index contributed by atoms with van der Waals surface area (Å²) in [7, 11) is 0. The van der Waals surface area contributed by atoms with Crippen LogP contribution in [0.3, 0.4) is 0 Å². The summed E-state index contributed by atoms with van der Waals surface area (Å²) >= 11 is 0. The van der Waals surface area contributed by atoms with Gasteiger partial charge in [-0.3, -0.25) is 4.79 Å². The van der Waals surface area contributed by atoms with Crippen LogP contribution in [-0.2, 0) is 0 Å². The zero-order valence-corrected chi connectivity index (χ0v) is 16.9. The Morgan fingerprint density at radius 1 is 1.07 bits per heavy atom. The fourth-order valence-corrected chi connectivity index (χ4v) is 3.99. The van der Waals surface area contributed by atoms with Crippen LogP contribution < -0.4 is 16.4 Å². The number of amides is 1. The minimum absolute atomic E-state index is 0.0873. The van der Waals surface area contributed by atoms with Crippen molar-refractivity contribution >= 4 is 28.6 Å². The normalized spacial score (nSPS) is 14.6. The van der Waals surface area contributed by atoms with E-state index in [1.807, 2.05) is 36.4 Å². The summed E-state index contributed by atoms with van der Waals surface area (Å²) in [5.74, 6) is 0.821. The second-order valence-corrected chi connectivity index (χ2v) is 7.70. The molecule has 1 aliphatic rings. The van der Waals surface area contributed by atoms with Gasteiger partial charge in [-0.25, -0.2) is 4.98 Å². The standard InChI is InChI=1S/C23H27N5O2/c24-23-27-20-10-9-16(15-5-4-6-17(13-15)22(30)25-11-12-29)14-19(20)21(28-23)26-18-7-2-1-3-8-18/h4-6,9-10,13-14,18,29H,1-3,7-8,11-12H2,(H,25,30)(H3,24,26,27,28). The minimum Gasteiger partial charge on any atom is -0.395 e. The minimum atomic E-state index is -0.206. The lowest BCUT2D eigenvalue weighted by atomic mass is 9.95. The third kappa shape index (κ3) is 4.52.